The molecular formula is C18H18ClN3O3S. The van der Waals surface area contributed by atoms with Crippen molar-refractivity contribution in [1.82, 2.24) is 15.0 Å². The van der Waals surface area contributed by atoms with Crippen molar-refractivity contribution < 1.29 is 14.1 Å². The van der Waals surface area contributed by atoms with Gasteiger partial charge in [0.25, 0.3) is 0 Å². The first-order valence-corrected chi connectivity index (χ1v) is 9.36. The van der Waals surface area contributed by atoms with E-state index in [-0.39, 0.29) is 5.91 Å². The van der Waals surface area contributed by atoms with Crippen LogP contribution < -0.4 is 4.74 Å². The van der Waals surface area contributed by atoms with Gasteiger partial charge in [-0.1, -0.05) is 28.9 Å². The lowest BCUT2D eigenvalue weighted by Gasteiger charge is -2.17. The summed E-state index contributed by atoms with van der Waals surface area (Å²) in [4.78, 5) is 19.1. The van der Waals surface area contributed by atoms with Crippen LogP contribution >= 0.6 is 22.9 Å². The van der Waals surface area contributed by atoms with Crippen LogP contribution in [0.4, 0.5) is 0 Å². The summed E-state index contributed by atoms with van der Waals surface area (Å²) in [7, 11) is 1.74. The van der Waals surface area contributed by atoms with E-state index in [0.717, 1.165) is 4.88 Å². The predicted octanol–water partition coefficient (Wildman–Crippen LogP) is 3.92. The van der Waals surface area contributed by atoms with Gasteiger partial charge in [-0.15, -0.1) is 11.3 Å². The number of aryl methyl sites for hydroxylation is 1. The van der Waals surface area contributed by atoms with Crippen LogP contribution in [0.25, 0.3) is 10.7 Å². The van der Waals surface area contributed by atoms with Crippen molar-refractivity contribution in [1.29, 1.82) is 0 Å². The Balaban J connectivity index is 1.41. The Morgan fingerprint density at radius 3 is 3.00 bits per heavy atom. The highest BCUT2D eigenvalue weighted by molar-refractivity contribution is 7.13. The largest absolute Gasteiger partial charge is 0.492 e. The molecule has 0 unspecified atom stereocenters. The molecule has 6 nitrogen and oxygen atoms in total. The van der Waals surface area contributed by atoms with E-state index in [1.165, 1.54) is 0 Å². The number of benzene rings is 1. The average molecular weight is 392 g/mol. The van der Waals surface area contributed by atoms with E-state index < -0.39 is 0 Å². The molecule has 0 spiro atoms. The molecule has 8 heteroatoms. The summed E-state index contributed by atoms with van der Waals surface area (Å²) in [6.07, 6.45) is 0.719. The minimum absolute atomic E-state index is 0.00410. The summed E-state index contributed by atoms with van der Waals surface area (Å²) in [6, 6.07) is 11.0. The van der Waals surface area contributed by atoms with E-state index in [1.807, 2.05) is 29.6 Å². The third-order valence-electron chi connectivity index (χ3n) is 3.68. The molecule has 0 aliphatic heterocycles. The lowest BCUT2D eigenvalue weighted by Crippen LogP contribution is -2.31. The number of likely N-dealkylation sites (N-methyl/N-ethyl adjacent to an activating group) is 1. The summed E-state index contributed by atoms with van der Waals surface area (Å²) in [5, 5.41) is 6.51. The maximum atomic E-state index is 12.2. The number of aromatic nitrogens is 2. The third-order valence-corrected chi connectivity index (χ3v) is 4.78. The Hall–Kier alpha value is -2.38. The minimum Gasteiger partial charge on any atom is -0.492 e. The number of nitrogens with zero attached hydrogens (tertiary/aromatic N) is 3. The van der Waals surface area contributed by atoms with Crippen LogP contribution in [-0.4, -0.2) is 41.1 Å². The number of carbonyl (C=O) groups is 1. The summed E-state index contributed by atoms with van der Waals surface area (Å²) in [5.41, 5.74) is 0. The number of rotatable bonds is 8. The Morgan fingerprint density at radius 2 is 2.23 bits per heavy atom. The molecule has 3 rings (SSSR count). The Labute approximate surface area is 160 Å². The first kappa shape index (κ1) is 18.4. The topological polar surface area (TPSA) is 68.5 Å². The van der Waals surface area contributed by atoms with Gasteiger partial charge in [0.1, 0.15) is 12.4 Å². The van der Waals surface area contributed by atoms with Crippen molar-refractivity contribution in [3.05, 3.63) is 52.7 Å². The van der Waals surface area contributed by atoms with Crippen molar-refractivity contribution in [2.75, 3.05) is 20.2 Å². The van der Waals surface area contributed by atoms with E-state index in [1.54, 1.807) is 35.4 Å². The number of hydrogen-bond acceptors (Lipinski definition) is 6. The summed E-state index contributed by atoms with van der Waals surface area (Å²) >= 11 is 7.45. The smallest absolute Gasteiger partial charge is 0.227 e. The fraction of sp³-hybridized carbons (Fsp3) is 0.278. The van der Waals surface area contributed by atoms with Gasteiger partial charge in [-0.3, -0.25) is 4.79 Å². The first-order chi connectivity index (χ1) is 12.6. The van der Waals surface area contributed by atoms with E-state index in [0.29, 0.717) is 48.5 Å². The van der Waals surface area contributed by atoms with Crippen LogP contribution in [0, 0.1) is 0 Å². The summed E-state index contributed by atoms with van der Waals surface area (Å²) in [6.45, 7) is 0.876. The molecule has 0 N–H and O–H groups in total. The molecule has 136 valence electrons. The molecule has 2 aromatic heterocycles. The van der Waals surface area contributed by atoms with Crippen molar-refractivity contribution in [2.45, 2.75) is 12.8 Å². The van der Waals surface area contributed by atoms with Crippen molar-refractivity contribution in [3.63, 3.8) is 0 Å². The fourth-order valence-corrected chi connectivity index (χ4v) is 3.08. The molecule has 0 radical (unpaired) electrons. The van der Waals surface area contributed by atoms with Crippen LogP contribution in [0.5, 0.6) is 5.75 Å². The minimum atomic E-state index is -0.00410. The average Bonchev–Trinajstić information content (AvgIpc) is 3.31. The highest BCUT2D eigenvalue weighted by atomic mass is 35.5. The molecule has 0 fully saturated rings. The fourth-order valence-electron chi connectivity index (χ4n) is 2.25. The van der Waals surface area contributed by atoms with Gasteiger partial charge in [0, 0.05) is 24.9 Å². The molecule has 0 aliphatic rings. The zero-order valence-electron chi connectivity index (χ0n) is 14.2. The second-order valence-electron chi connectivity index (χ2n) is 5.61. The Bertz CT molecular complexity index is 851. The van der Waals surface area contributed by atoms with Gasteiger partial charge in [0.15, 0.2) is 0 Å². The lowest BCUT2D eigenvalue weighted by molar-refractivity contribution is -0.130. The number of amides is 1. The van der Waals surface area contributed by atoms with Crippen molar-refractivity contribution in [2.24, 2.45) is 0 Å². The van der Waals surface area contributed by atoms with Crippen molar-refractivity contribution >= 4 is 28.8 Å². The molecule has 0 aliphatic carbocycles. The van der Waals surface area contributed by atoms with Crippen LogP contribution in [0.1, 0.15) is 12.3 Å². The third kappa shape index (κ3) is 5.06. The van der Waals surface area contributed by atoms with Gasteiger partial charge < -0.3 is 14.2 Å². The van der Waals surface area contributed by atoms with Gasteiger partial charge in [0.2, 0.25) is 17.6 Å². The van der Waals surface area contributed by atoms with E-state index in [4.69, 9.17) is 20.9 Å². The highest BCUT2D eigenvalue weighted by Gasteiger charge is 2.13. The molecule has 0 bridgehead atoms. The van der Waals surface area contributed by atoms with Crippen LogP contribution in [-0.2, 0) is 11.2 Å². The molecular weight excluding hydrogens is 374 g/mol. The summed E-state index contributed by atoms with van der Waals surface area (Å²) < 4.78 is 10.8. The SMILES string of the molecule is CN(CCOc1cccc(Cl)c1)C(=O)CCc1nc(-c2cccs2)no1. The number of thiophene rings is 1. The number of halogens is 1. The van der Waals surface area contributed by atoms with Gasteiger partial charge in [-0.05, 0) is 29.6 Å². The maximum absolute atomic E-state index is 12.2. The van der Waals surface area contributed by atoms with Gasteiger partial charge in [-0.25, -0.2) is 0 Å². The van der Waals surface area contributed by atoms with E-state index in [9.17, 15) is 4.79 Å². The maximum Gasteiger partial charge on any atom is 0.227 e. The molecule has 0 saturated carbocycles. The zero-order valence-corrected chi connectivity index (χ0v) is 15.8. The van der Waals surface area contributed by atoms with Crippen molar-refractivity contribution in [3.8, 4) is 16.5 Å². The second-order valence-corrected chi connectivity index (χ2v) is 6.99. The van der Waals surface area contributed by atoms with Crippen LogP contribution in [0.2, 0.25) is 5.02 Å². The molecule has 2 heterocycles. The summed E-state index contributed by atoms with van der Waals surface area (Å²) in [5.74, 6) is 1.71. The normalized spacial score (nSPS) is 10.7. The van der Waals surface area contributed by atoms with Crippen LogP contribution in [0.15, 0.2) is 46.3 Å². The number of hydrogen-bond donors (Lipinski definition) is 0. The quantitative estimate of drug-likeness (QED) is 0.582. The lowest BCUT2D eigenvalue weighted by atomic mass is 10.3. The molecule has 1 aromatic carbocycles. The Morgan fingerprint density at radius 1 is 1.35 bits per heavy atom. The number of ether oxygens (including phenoxy) is 1. The predicted molar refractivity (Wildman–Crippen MR) is 101 cm³/mol. The zero-order chi connectivity index (χ0) is 18.4. The molecule has 26 heavy (non-hydrogen) atoms. The van der Waals surface area contributed by atoms with E-state index >= 15 is 0 Å². The molecule has 0 atom stereocenters. The highest BCUT2D eigenvalue weighted by Crippen LogP contribution is 2.21. The van der Waals surface area contributed by atoms with Crippen LogP contribution in [0.3, 0.4) is 0 Å². The number of carbonyl (C=O) groups excluding carboxylic acids is 1. The standard InChI is InChI=1S/C18H18ClN3O3S/c1-22(9-10-24-14-5-2-4-13(19)12-14)17(23)8-7-16-20-18(21-25-16)15-6-3-11-26-15/h2-6,11-12H,7-10H2,1H3. The molecule has 0 saturated heterocycles. The second kappa shape index (κ2) is 8.82. The van der Waals surface area contributed by atoms with E-state index in [2.05, 4.69) is 10.1 Å². The first-order valence-electron chi connectivity index (χ1n) is 8.10. The van der Waals surface area contributed by atoms with Gasteiger partial charge in [-0.2, -0.15) is 4.98 Å². The molecule has 3 aromatic rings. The molecule has 1 amide bonds. The van der Waals surface area contributed by atoms with Gasteiger partial charge >= 0.3 is 0 Å². The monoisotopic (exact) mass is 391 g/mol. The van der Waals surface area contributed by atoms with Gasteiger partial charge in [0.05, 0.1) is 11.4 Å². The Kier molecular flexibility index (Phi) is 6.25.